The molecule has 0 amide bonds. The van der Waals surface area contributed by atoms with Crippen LogP contribution in [0.5, 0.6) is 0 Å². The lowest BCUT2D eigenvalue weighted by molar-refractivity contribution is 0.517. The highest BCUT2D eigenvalue weighted by Gasteiger charge is 2.08. The lowest BCUT2D eigenvalue weighted by Gasteiger charge is -2.04. The van der Waals surface area contributed by atoms with E-state index in [1.807, 2.05) is 38.4 Å². The second-order valence-corrected chi connectivity index (χ2v) is 4.50. The van der Waals surface area contributed by atoms with Crippen LogP contribution in [0.15, 0.2) is 41.3 Å². The Morgan fingerprint density at radius 1 is 1.35 bits per heavy atom. The first-order valence-corrected chi connectivity index (χ1v) is 6.32. The van der Waals surface area contributed by atoms with E-state index in [0.29, 0.717) is 12.5 Å². The van der Waals surface area contributed by atoms with Gasteiger partial charge in [0.1, 0.15) is 5.76 Å². The third-order valence-electron chi connectivity index (χ3n) is 2.95. The van der Waals surface area contributed by atoms with E-state index in [-0.39, 0.29) is 0 Å². The minimum absolute atomic E-state index is 0.558. The van der Waals surface area contributed by atoms with Gasteiger partial charge in [0.15, 0.2) is 0 Å². The van der Waals surface area contributed by atoms with Crippen LogP contribution in [0.25, 0.3) is 11.3 Å². The molecule has 3 rings (SSSR count). The van der Waals surface area contributed by atoms with Crippen LogP contribution in [0.4, 0.5) is 5.95 Å². The van der Waals surface area contributed by atoms with Crippen LogP contribution in [0.3, 0.4) is 0 Å². The smallest absolute Gasteiger partial charge is 0.223 e. The van der Waals surface area contributed by atoms with Crippen molar-refractivity contribution in [2.75, 3.05) is 5.32 Å². The molecule has 0 saturated heterocycles. The normalized spacial score (nSPS) is 10.7. The van der Waals surface area contributed by atoms with Gasteiger partial charge in [-0.05, 0) is 25.1 Å². The summed E-state index contributed by atoms with van der Waals surface area (Å²) in [5.74, 6) is 1.42. The predicted molar refractivity (Wildman–Crippen MR) is 75.0 cm³/mol. The highest BCUT2D eigenvalue weighted by molar-refractivity contribution is 5.61. The summed E-state index contributed by atoms with van der Waals surface area (Å²) in [6.45, 7) is 2.52. The number of aryl methyl sites for hydroxylation is 2. The van der Waals surface area contributed by atoms with Gasteiger partial charge in [0.2, 0.25) is 5.95 Å². The van der Waals surface area contributed by atoms with Gasteiger partial charge in [0.05, 0.1) is 24.2 Å². The Bertz CT molecular complexity index is 702. The summed E-state index contributed by atoms with van der Waals surface area (Å²) in [7, 11) is 1.90. The minimum atomic E-state index is 0.558. The maximum atomic E-state index is 5.26. The van der Waals surface area contributed by atoms with Crippen molar-refractivity contribution in [3.63, 3.8) is 0 Å². The van der Waals surface area contributed by atoms with Crippen molar-refractivity contribution in [1.29, 1.82) is 0 Å². The molecule has 0 radical (unpaired) electrons. The number of furan rings is 1. The van der Waals surface area contributed by atoms with Gasteiger partial charge in [0.25, 0.3) is 0 Å². The van der Waals surface area contributed by atoms with E-state index >= 15 is 0 Å². The number of hydrogen-bond donors (Lipinski definition) is 1. The minimum Gasteiger partial charge on any atom is -0.467 e. The quantitative estimate of drug-likeness (QED) is 0.787. The molecule has 6 heteroatoms. The molecule has 0 spiro atoms. The van der Waals surface area contributed by atoms with Crippen molar-refractivity contribution in [2.45, 2.75) is 13.5 Å². The Hall–Kier alpha value is -2.63. The zero-order valence-electron chi connectivity index (χ0n) is 11.4. The standard InChI is InChI=1S/C14H15N5O/c1-10-12(9-19(2)18-10)13-5-6-15-14(17-13)16-8-11-4-3-7-20-11/h3-7,9H,8H2,1-2H3,(H,15,16,17). The molecule has 20 heavy (non-hydrogen) atoms. The number of hydrogen-bond acceptors (Lipinski definition) is 5. The topological polar surface area (TPSA) is 68.8 Å². The summed E-state index contributed by atoms with van der Waals surface area (Å²) >= 11 is 0. The van der Waals surface area contributed by atoms with Gasteiger partial charge in [0, 0.05) is 25.0 Å². The molecule has 0 aliphatic heterocycles. The average molecular weight is 269 g/mol. The molecule has 3 heterocycles. The first-order valence-electron chi connectivity index (χ1n) is 6.32. The van der Waals surface area contributed by atoms with Crippen LogP contribution in [-0.2, 0) is 13.6 Å². The summed E-state index contributed by atoms with van der Waals surface area (Å²) in [5, 5.41) is 7.46. The molecule has 3 aromatic rings. The Kier molecular flexibility index (Phi) is 3.20. The lowest BCUT2D eigenvalue weighted by atomic mass is 10.2. The number of aromatic nitrogens is 4. The van der Waals surface area contributed by atoms with Crippen LogP contribution in [0, 0.1) is 6.92 Å². The summed E-state index contributed by atoms with van der Waals surface area (Å²) in [6, 6.07) is 5.64. The van der Waals surface area contributed by atoms with Gasteiger partial charge in [-0.2, -0.15) is 5.10 Å². The van der Waals surface area contributed by atoms with E-state index in [4.69, 9.17) is 4.42 Å². The molecule has 0 aliphatic carbocycles. The molecule has 0 atom stereocenters. The van der Waals surface area contributed by atoms with E-state index in [1.54, 1.807) is 17.1 Å². The fourth-order valence-corrected chi connectivity index (χ4v) is 2.02. The summed E-state index contributed by atoms with van der Waals surface area (Å²) in [5.41, 5.74) is 2.81. The average Bonchev–Trinajstić information content (AvgIpc) is 3.06. The molecular formula is C14H15N5O. The van der Waals surface area contributed by atoms with E-state index in [1.165, 1.54) is 0 Å². The molecule has 102 valence electrons. The summed E-state index contributed by atoms with van der Waals surface area (Å²) in [4.78, 5) is 8.71. The first kappa shape index (κ1) is 12.4. The zero-order valence-corrected chi connectivity index (χ0v) is 11.4. The van der Waals surface area contributed by atoms with Gasteiger partial charge in [-0.1, -0.05) is 0 Å². The highest BCUT2D eigenvalue weighted by Crippen LogP contribution is 2.20. The number of nitrogens with one attached hydrogen (secondary N) is 1. The fraction of sp³-hybridized carbons (Fsp3) is 0.214. The van der Waals surface area contributed by atoms with Crippen LogP contribution in [-0.4, -0.2) is 19.7 Å². The van der Waals surface area contributed by atoms with Crippen molar-refractivity contribution >= 4 is 5.95 Å². The van der Waals surface area contributed by atoms with Crippen molar-refractivity contribution in [3.8, 4) is 11.3 Å². The number of anilines is 1. The van der Waals surface area contributed by atoms with Crippen molar-refractivity contribution in [3.05, 3.63) is 48.3 Å². The first-order chi connectivity index (χ1) is 9.72. The molecular weight excluding hydrogens is 254 g/mol. The molecule has 0 fully saturated rings. The molecule has 3 aromatic heterocycles. The van der Waals surface area contributed by atoms with E-state index in [9.17, 15) is 0 Å². The van der Waals surface area contributed by atoms with Gasteiger partial charge in [-0.15, -0.1) is 0 Å². The highest BCUT2D eigenvalue weighted by atomic mass is 16.3. The molecule has 0 unspecified atom stereocenters. The molecule has 6 nitrogen and oxygen atoms in total. The van der Waals surface area contributed by atoms with E-state index < -0.39 is 0 Å². The molecule has 0 aromatic carbocycles. The Balaban J connectivity index is 1.80. The molecule has 0 bridgehead atoms. The Morgan fingerprint density at radius 3 is 2.95 bits per heavy atom. The number of nitrogens with zero attached hydrogens (tertiary/aromatic N) is 4. The van der Waals surface area contributed by atoms with Crippen LogP contribution in [0.1, 0.15) is 11.5 Å². The summed E-state index contributed by atoms with van der Waals surface area (Å²) < 4.78 is 7.04. The fourth-order valence-electron chi connectivity index (χ4n) is 2.02. The Labute approximate surface area is 116 Å². The maximum Gasteiger partial charge on any atom is 0.223 e. The zero-order chi connectivity index (χ0) is 13.9. The molecule has 0 aliphatic rings. The predicted octanol–water partition coefficient (Wildman–Crippen LogP) is 2.39. The van der Waals surface area contributed by atoms with E-state index in [2.05, 4.69) is 20.4 Å². The van der Waals surface area contributed by atoms with Crippen molar-refractivity contribution < 1.29 is 4.42 Å². The van der Waals surface area contributed by atoms with Gasteiger partial charge in [-0.25, -0.2) is 9.97 Å². The molecule has 1 N–H and O–H groups in total. The van der Waals surface area contributed by atoms with Crippen LogP contribution in [0.2, 0.25) is 0 Å². The van der Waals surface area contributed by atoms with Crippen molar-refractivity contribution in [2.24, 2.45) is 7.05 Å². The van der Waals surface area contributed by atoms with Gasteiger partial charge in [-0.3, -0.25) is 4.68 Å². The van der Waals surface area contributed by atoms with Gasteiger partial charge >= 0.3 is 0 Å². The second-order valence-electron chi connectivity index (χ2n) is 4.50. The SMILES string of the molecule is Cc1nn(C)cc1-c1ccnc(NCc2ccco2)n1. The van der Waals surface area contributed by atoms with Gasteiger partial charge < -0.3 is 9.73 Å². The monoisotopic (exact) mass is 269 g/mol. The lowest BCUT2D eigenvalue weighted by Crippen LogP contribution is -2.03. The van der Waals surface area contributed by atoms with E-state index in [0.717, 1.165) is 22.7 Å². The largest absolute Gasteiger partial charge is 0.467 e. The van der Waals surface area contributed by atoms with Crippen molar-refractivity contribution in [1.82, 2.24) is 19.7 Å². The second kappa shape index (κ2) is 5.16. The molecule has 0 saturated carbocycles. The maximum absolute atomic E-state index is 5.26. The number of rotatable bonds is 4. The van der Waals surface area contributed by atoms with Crippen LogP contribution < -0.4 is 5.32 Å². The summed E-state index contributed by atoms with van der Waals surface area (Å²) in [6.07, 6.45) is 5.33. The Morgan fingerprint density at radius 2 is 2.25 bits per heavy atom. The van der Waals surface area contributed by atoms with Crippen LogP contribution >= 0.6 is 0 Å². The third kappa shape index (κ3) is 2.54. The third-order valence-corrected chi connectivity index (χ3v) is 2.95.